The molecule has 2 aliphatic heterocycles. The van der Waals surface area contributed by atoms with Crippen LogP contribution < -0.4 is 0 Å². The molecule has 2 fully saturated rings. The number of piperidine rings is 2. The number of amides is 2. The Labute approximate surface area is 170 Å². The maximum Gasteiger partial charge on any atom is 0.276 e. The summed E-state index contributed by atoms with van der Waals surface area (Å²) in [6.07, 6.45) is 8.70. The molecule has 2 amide bonds. The lowest BCUT2D eigenvalue weighted by atomic mass is 9.73. The summed E-state index contributed by atoms with van der Waals surface area (Å²) in [7, 11) is 0. The van der Waals surface area contributed by atoms with Crippen LogP contribution in [0.5, 0.6) is 0 Å². The van der Waals surface area contributed by atoms with E-state index in [1.165, 1.54) is 6.39 Å². The molecule has 1 spiro atoms. The number of nitrogens with zero attached hydrogens (tertiary/aromatic N) is 5. The van der Waals surface area contributed by atoms with Crippen molar-refractivity contribution in [3.8, 4) is 0 Å². The monoisotopic (exact) mass is 397 g/mol. The summed E-state index contributed by atoms with van der Waals surface area (Å²) in [6, 6.07) is 0. The summed E-state index contributed by atoms with van der Waals surface area (Å²) in [5.74, 6) is 0.710. The van der Waals surface area contributed by atoms with Gasteiger partial charge in [0.25, 0.3) is 5.91 Å². The molecule has 0 radical (unpaired) electrons. The second-order valence-corrected chi connectivity index (χ2v) is 8.21. The minimum atomic E-state index is -0.0734. The molecule has 2 aromatic rings. The maximum absolute atomic E-state index is 13.0. The van der Waals surface area contributed by atoms with Crippen LogP contribution in [0.2, 0.25) is 0 Å². The standard InChI is InChI=1S/C21H27N5O3/c1-3-17-19(24-14-29-17)20(28)25-8-4-6-21(12-25)7-5-18(27)26(13-21)11-16-10-22-15(2)9-23-16/h9-10,14H,3-8,11-13H2,1-2H3/t21-/m1/s1. The van der Waals surface area contributed by atoms with Gasteiger partial charge < -0.3 is 14.2 Å². The molecule has 2 aliphatic rings. The van der Waals surface area contributed by atoms with Crippen molar-refractivity contribution < 1.29 is 14.0 Å². The molecule has 0 aromatic carbocycles. The van der Waals surface area contributed by atoms with E-state index in [2.05, 4.69) is 15.0 Å². The van der Waals surface area contributed by atoms with Gasteiger partial charge in [-0.1, -0.05) is 6.92 Å². The quantitative estimate of drug-likeness (QED) is 0.786. The summed E-state index contributed by atoms with van der Waals surface area (Å²) in [6.45, 7) is 6.31. The van der Waals surface area contributed by atoms with Crippen LogP contribution in [-0.4, -0.2) is 56.2 Å². The molecule has 0 N–H and O–H groups in total. The molecule has 0 unspecified atom stereocenters. The summed E-state index contributed by atoms with van der Waals surface area (Å²) in [4.78, 5) is 42.2. The number of oxazole rings is 1. The molecule has 2 saturated heterocycles. The Kier molecular flexibility index (Phi) is 5.34. The summed E-state index contributed by atoms with van der Waals surface area (Å²) in [5, 5.41) is 0. The predicted molar refractivity (Wildman–Crippen MR) is 105 cm³/mol. The Hall–Kier alpha value is -2.77. The Morgan fingerprint density at radius 1 is 1.21 bits per heavy atom. The zero-order chi connectivity index (χ0) is 20.4. The van der Waals surface area contributed by atoms with Crippen LogP contribution in [0.1, 0.15) is 60.2 Å². The lowest BCUT2D eigenvalue weighted by Gasteiger charge is -2.48. The van der Waals surface area contributed by atoms with Crippen LogP contribution >= 0.6 is 0 Å². The fraction of sp³-hybridized carbons (Fsp3) is 0.571. The first kappa shape index (κ1) is 19.5. The molecule has 0 bridgehead atoms. The zero-order valence-corrected chi connectivity index (χ0v) is 17.1. The molecule has 29 heavy (non-hydrogen) atoms. The SMILES string of the molecule is CCc1ocnc1C(=O)N1CCC[C@@]2(CCC(=O)N(Cc3cnc(C)cn3)C2)C1. The highest BCUT2D eigenvalue weighted by atomic mass is 16.3. The molecule has 8 nitrogen and oxygen atoms in total. The molecule has 1 atom stereocenters. The zero-order valence-electron chi connectivity index (χ0n) is 17.1. The smallest absolute Gasteiger partial charge is 0.276 e. The molecular weight excluding hydrogens is 370 g/mol. The summed E-state index contributed by atoms with van der Waals surface area (Å²) >= 11 is 0. The van der Waals surface area contributed by atoms with Gasteiger partial charge in [0.15, 0.2) is 12.1 Å². The molecule has 2 aromatic heterocycles. The van der Waals surface area contributed by atoms with Crippen molar-refractivity contribution in [3.05, 3.63) is 41.6 Å². The topological polar surface area (TPSA) is 92.4 Å². The van der Waals surface area contributed by atoms with Crippen molar-refractivity contribution in [3.63, 3.8) is 0 Å². The second kappa shape index (κ2) is 7.93. The second-order valence-electron chi connectivity index (χ2n) is 8.21. The highest BCUT2D eigenvalue weighted by molar-refractivity contribution is 5.93. The normalized spacial score (nSPS) is 22.3. The Bertz CT molecular complexity index is 894. The van der Waals surface area contributed by atoms with Crippen LogP contribution in [0.15, 0.2) is 23.2 Å². The number of aromatic nitrogens is 3. The van der Waals surface area contributed by atoms with Gasteiger partial charge in [-0.3, -0.25) is 19.6 Å². The minimum Gasteiger partial charge on any atom is -0.448 e. The number of hydrogen-bond donors (Lipinski definition) is 0. The minimum absolute atomic E-state index is 0.0671. The maximum atomic E-state index is 13.0. The van der Waals surface area contributed by atoms with E-state index >= 15 is 0 Å². The molecule has 8 heteroatoms. The van der Waals surface area contributed by atoms with E-state index in [0.717, 1.165) is 30.7 Å². The van der Waals surface area contributed by atoms with Gasteiger partial charge in [0.1, 0.15) is 5.76 Å². The van der Waals surface area contributed by atoms with Crippen LogP contribution in [0.4, 0.5) is 0 Å². The van der Waals surface area contributed by atoms with Gasteiger partial charge in [0, 0.05) is 44.1 Å². The Morgan fingerprint density at radius 3 is 2.83 bits per heavy atom. The van der Waals surface area contributed by atoms with Gasteiger partial charge in [-0.05, 0) is 26.2 Å². The molecule has 154 valence electrons. The first-order valence-corrected chi connectivity index (χ1v) is 10.3. The van der Waals surface area contributed by atoms with Crippen molar-refractivity contribution in [2.24, 2.45) is 5.41 Å². The van der Waals surface area contributed by atoms with Crippen LogP contribution in [-0.2, 0) is 17.8 Å². The number of rotatable bonds is 4. The third-order valence-corrected chi connectivity index (χ3v) is 6.05. The van der Waals surface area contributed by atoms with Gasteiger partial charge in [-0.15, -0.1) is 0 Å². The van der Waals surface area contributed by atoms with Gasteiger partial charge in [-0.2, -0.15) is 0 Å². The van der Waals surface area contributed by atoms with E-state index in [1.54, 1.807) is 12.4 Å². The van der Waals surface area contributed by atoms with Crippen LogP contribution in [0.3, 0.4) is 0 Å². The van der Waals surface area contributed by atoms with Crippen molar-refractivity contribution in [1.29, 1.82) is 0 Å². The van der Waals surface area contributed by atoms with Crippen molar-refractivity contribution >= 4 is 11.8 Å². The average Bonchev–Trinajstić information content (AvgIpc) is 3.21. The molecule has 4 heterocycles. The highest BCUT2D eigenvalue weighted by Crippen LogP contribution is 2.39. The van der Waals surface area contributed by atoms with Crippen LogP contribution in [0.25, 0.3) is 0 Å². The lowest BCUT2D eigenvalue weighted by molar-refractivity contribution is -0.139. The predicted octanol–water partition coefficient (Wildman–Crippen LogP) is 2.38. The van der Waals surface area contributed by atoms with Crippen molar-refractivity contribution in [1.82, 2.24) is 24.8 Å². The first-order valence-electron chi connectivity index (χ1n) is 10.3. The van der Waals surface area contributed by atoms with E-state index in [0.29, 0.717) is 50.5 Å². The van der Waals surface area contributed by atoms with E-state index in [1.807, 2.05) is 23.6 Å². The van der Waals surface area contributed by atoms with Gasteiger partial charge in [0.05, 0.1) is 24.1 Å². The van der Waals surface area contributed by atoms with E-state index < -0.39 is 0 Å². The third-order valence-electron chi connectivity index (χ3n) is 6.05. The van der Waals surface area contributed by atoms with Crippen molar-refractivity contribution in [2.45, 2.75) is 52.5 Å². The summed E-state index contributed by atoms with van der Waals surface area (Å²) in [5.41, 5.74) is 2.00. The van der Waals surface area contributed by atoms with Gasteiger partial charge in [-0.25, -0.2) is 4.98 Å². The van der Waals surface area contributed by atoms with E-state index in [4.69, 9.17) is 4.42 Å². The number of aryl methyl sites for hydroxylation is 2. The fourth-order valence-corrected chi connectivity index (χ4v) is 4.50. The molecule has 0 saturated carbocycles. The van der Waals surface area contributed by atoms with Crippen molar-refractivity contribution in [2.75, 3.05) is 19.6 Å². The third kappa shape index (κ3) is 4.02. The lowest BCUT2D eigenvalue weighted by Crippen LogP contribution is -2.55. The largest absolute Gasteiger partial charge is 0.448 e. The molecular formula is C21H27N5O3. The van der Waals surface area contributed by atoms with Crippen LogP contribution in [0, 0.1) is 12.3 Å². The van der Waals surface area contributed by atoms with Gasteiger partial charge in [0.2, 0.25) is 5.91 Å². The number of carbonyl (C=O) groups is 2. The van der Waals surface area contributed by atoms with E-state index in [9.17, 15) is 9.59 Å². The number of hydrogen-bond acceptors (Lipinski definition) is 6. The van der Waals surface area contributed by atoms with Gasteiger partial charge >= 0.3 is 0 Å². The number of carbonyl (C=O) groups excluding carboxylic acids is 2. The Balaban J connectivity index is 1.48. The molecule has 0 aliphatic carbocycles. The summed E-state index contributed by atoms with van der Waals surface area (Å²) < 4.78 is 5.34. The molecule has 4 rings (SSSR count). The van der Waals surface area contributed by atoms with E-state index in [-0.39, 0.29) is 17.2 Å². The highest BCUT2D eigenvalue weighted by Gasteiger charge is 2.43. The first-order chi connectivity index (χ1) is 14.0. The number of likely N-dealkylation sites (tertiary alicyclic amines) is 2. The average molecular weight is 397 g/mol. The Morgan fingerprint density at radius 2 is 2.07 bits per heavy atom. The fourth-order valence-electron chi connectivity index (χ4n) is 4.50.